The van der Waals surface area contributed by atoms with Crippen molar-refractivity contribution in [2.75, 3.05) is 13.7 Å². The van der Waals surface area contributed by atoms with Crippen molar-refractivity contribution in [1.29, 1.82) is 0 Å². The molecule has 0 aromatic heterocycles. The molecule has 1 unspecified atom stereocenters. The lowest BCUT2D eigenvalue weighted by Gasteiger charge is -2.33. The summed E-state index contributed by atoms with van der Waals surface area (Å²) in [4.78, 5) is 13.0. The predicted molar refractivity (Wildman–Crippen MR) is 75.5 cm³/mol. The smallest absolute Gasteiger partial charge is 0.317 e. The minimum absolute atomic E-state index is 0.0577. The largest absolute Gasteiger partial charge is 0.497 e. The molecule has 4 heteroatoms. The highest BCUT2D eigenvalue weighted by atomic mass is 16.5. The van der Waals surface area contributed by atoms with Gasteiger partial charge in [0.05, 0.1) is 13.7 Å². The van der Waals surface area contributed by atoms with Gasteiger partial charge in [-0.25, -0.2) is 0 Å². The van der Waals surface area contributed by atoms with Gasteiger partial charge in [-0.3, -0.25) is 9.69 Å². The third kappa shape index (κ3) is 4.24. The Morgan fingerprint density at radius 2 is 1.89 bits per heavy atom. The topological polar surface area (TPSA) is 49.8 Å². The van der Waals surface area contributed by atoms with E-state index in [4.69, 9.17) is 9.84 Å². The number of hydrogen-bond donors (Lipinski definition) is 1. The molecule has 0 saturated heterocycles. The highest BCUT2D eigenvalue weighted by Gasteiger charge is 2.23. The second-order valence-electron chi connectivity index (χ2n) is 4.86. The molecule has 106 valence electrons. The summed E-state index contributed by atoms with van der Waals surface area (Å²) < 4.78 is 5.15. The van der Waals surface area contributed by atoms with Crippen LogP contribution in [0.1, 0.15) is 38.8 Å². The minimum Gasteiger partial charge on any atom is -0.497 e. The zero-order valence-corrected chi connectivity index (χ0v) is 12.1. The Balaban J connectivity index is 2.97. The predicted octanol–water partition coefficient (Wildman–Crippen LogP) is 2.94. The summed E-state index contributed by atoms with van der Waals surface area (Å²) >= 11 is 0. The summed E-state index contributed by atoms with van der Waals surface area (Å²) in [6.07, 6.45) is 0.873. The molecule has 0 radical (unpaired) electrons. The van der Waals surface area contributed by atoms with E-state index in [0.717, 1.165) is 17.7 Å². The van der Waals surface area contributed by atoms with Crippen molar-refractivity contribution in [3.63, 3.8) is 0 Å². The monoisotopic (exact) mass is 265 g/mol. The highest BCUT2D eigenvalue weighted by molar-refractivity contribution is 5.69. The molecule has 0 saturated carbocycles. The lowest BCUT2D eigenvalue weighted by Crippen LogP contribution is -2.38. The van der Waals surface area contributed by atoms with E-state index < -0.39 is 5.97 Å². The van der Waals surface area contributed by atoms with Gasteiger partial charge < -0.3 is 9.84 Å². The van der Waals surface area contributed by atoms with E-state index in [-0.39, 0.29) is 18.6 Å². The summed E-state index contributed by atoms with van der Waals surface area (Å²) in [5.74, 6) is 0.0218. The fourth-order valence-electron chi connectivity index (χ4n) is 2.30. The summed E-state index contributed by atoms with van der Waals surface area (Å²) in [7, 11) is 1.64. The number of rotatable bonds is 7. The molecule has 19 heavy (non-hydrogen) atoms. The minimum atomic E-state index is -0.791. The van der Waals surface area contributed by atoms with Crippen LogP contribution in [0.15, 0.2) is 24.3 Å². The Labute approximate surface area is 115 Å². The molecule has 1 N–H and O–H groups in total. The lowest BCUT2D eigenvalue weighted by atomic mass is 10.0. The third-order valence-corrected chi connectivity index (χ3v) is 3.27. The Kier molecular flexibility index (Phi) is 5.83. The van der Waals surface area contributed by atoms with Gasteiger partial charge in [0.25, 0.3) is 0 Å². The fourth-order valence-corrected chi connectivity index (χ4v) is 2.30. The van der Waals surface area contributed by atoms with Crippen LogP contribution >= 0.6 is 0 Å². The molecule has 0 bridgehead atoms. The maximum absolute atomic E-state index is 11.0. The Bertz CT molecular complexity index is 400. The number of ether oxygens (including phenoxy) is 1. The van der Waals surface area contributed by atoms with Gasteiger partial charge >= 0.3 is 5.97 Å². The van der Waals surface area contributed by atoms with Crippen molar-refractivity contribution >= 4 is 5.97 Å². The number of nitrogens with zero attached hydrogens (tertiary/aromatic N) is 1. The van der Waals surface area contributed by atoms with Crippen LogP contribution in [-0.4, -0.2) is 35.7 Å². The first-order chi connectivity index (χ1) is 8.99. The van der Waals surface area contributed by atoms with Crippen molar-refractivity contribution in [3.05, 3.63) is 29.8 Å². The van der Waals surface area contributed by atoms with Gasteiger partial charge in [0.1, 0.15) is 5.75 Å². The van der Waals surface area contributed by atoms with Crippen molar-refractivity contribution in [2.45, 2.75) is 39.3 Å². The number of methoxy groups -OCH3 is 1. The van der Waals surface area contributed by atoms with Crippen molar-refractivity contribution in [2.24, 2.45) is 0 Å². The molecule has 0 aliphatic heterocycles. The molecule has 1 aromatic rings. The van der Waals surface area contributed by atoms with Gasteiger partial charge in [-0.2, -0.15) is 0 Å². The molecular weight excluding hydrogens is 242 g/mol. The standard InChI is InChI=1S/C15H23NO3/c1-5-14(16(11(2)3)10-15(17)18)12-6-8-13(19-4)9-7-12/h6-9,11,14H,5,10H2,1-4H3,(H,17,18). The quantitative estimate of drug-likeness (QED) is 0.823. The van der Waals surface area contributed by atoms with Crippen LogP contribution < -0.4 is 4.74 Å². The SMILES string of the molecule is CCC(c1ccc(OC)cc1)N(CC(=O)O)C(C)C. The van der Waals surface area contributed by atoms with Crippen molar-refractivity contribution in [3.8, 4) is 5.75 Å². The number of carbonyl (C=O) groups is 1. The van der Waals surface area contributed by atoms with E-state index in [1.165, 1.54) is 0 Å². The molecule has 1 atom stereocenters. The first-order valence-corrected chi connectivity index (χ1v) is 6.61. The molecule has 0 aliphatic rings. The van der Waals surface area contributed by atoms with Gasteiger partial charge in [0, 0.05) is 12.1 Å². The molecule has 0 heterocycles. The van der Waals surface area contributed by atoms with Gasteiger partial charge in [-0.1, -0.05) is 19.1 Å². The Morgan fingerprint density at radius 1 is 1.32 bits per heavy atom. The van der Waals surface area contributed by atoms with E-state index in [2.05, 4.69) is 6.92 Å². The number of hydrogen-bond acceptors (Lipinski definition) is 3. The maximum atomic E-state index is 11.0. The van der Waals surface area contributed by atoms with Crippen LogP contribution in [0.4, 0.5) is 0 Å². The lowest BCUT2D eigenvalue weighted by molar-refractivity contribution is -0.139. The number of aliphatic carboxylic acids is 1. The van der Waals surface area contributed by atoms with E-state index >= 15 is 0 Å². The highest BCUT2D eigenvalue weighted by Crippen LogP contribution is 2.27. The zero-order valence-electron chi connectivity index (χ0n) is 12.1. The first kappa shape index (κ1) is 15.5. The van der Waals surface area contributed by atoms with Crippen LogP contribution in [0.5, 0.6) is 5.75 Å². The normalized spacial score (nSPS) is 12.7. The summed E-state index contributed by atoms with van der Waals surface area (Å²) in [5.41, 5.74) is 1.12. The van der Waals surface area contributed by atoms with Crippen molar-refractivity contribution in [1.82, 2.24) is 4.90 Å². The average Bonchev–Trinajstić information content (AvgIpc) is 2.38. The summed E-state index contributed by atoms with van der Waals surface area (Å²) in [6.45, 7) is 6.18. The zero-order chi connectivity index (χ0) is 14.4. The second-order valence-corrected chi connectivity index (χ2v) is 4.86. The second kappa shape index (κ2) is 7.14. The van der Waals surface area contributed by atoms with Crippen molar-refractivity contribution < 1.29 is 14.6 Å². The van der Waals surface area contributed by atoms with Gasteiger partial charge in [-0.15, -0.1) is 0 Å². The third-order valence-electron chi connectivity index (χ3n) is 3.27. The number of carboxylic acids is 1. The molecule has 0 aliphatic carbocycles. The average molecular weight is 265 g/mol. The molecule has 0 amide bonds. The maximum Gasteiger partial charge on any atom is 0.317 e. The Morgan fingerprint density at radius 3 is 2.26 bits per heavy atom. The molecule has 4 nitrogen and oxygen atoms in total. The summed E-state index contributed by atoms with van der Waals surface area (Å²) in [6, 6.07) is 8.13. The molecule has 0 fully saturated rings. The van der Waals surface area contributed by atoms with Crippen LogP contribution in [-0.2, 0) is 4.79 Å². The number of benzene rings is 1. The fraction of sp³-hybridized carbons (Fsp3) is 0.533. The first-order valence-electron chi connectivity index (χ1n) is 6.61. The van der Waals surface area contributed by atoms with Gasteiger partial charge in [0.15, 0.2) is 0 Å². The van der Waals surface area contributed by atoms with E-state index in [1.54, 1.807) is 7.11 Å². The Hall–Kier alpha value is -1.55. The van der Waals surface area contributed by atoms with Gasteiger partial charge in [0.2, 0.25) is 0 Å². The van der Waals surface area contributed by atoms with E-state index in [1.807, 2.05) is 43.0 Å². The molecular formula is C15H23NO3. The molecule has 0 spiro atoms. The van der Waals surface area contributed by atoms with Crippen LogP contribution in [0, 0.1) is 0 Å². The van der Waals surface area contributed by atoms with E-state index in [0.29, 0.717) is 0 Å². The summed E-state index contributed by atoms with van der Waals surface area (Å²) in [5, 5.41) is 9.04. The van der Waals surface area contributed by atoms with Crippen LogP contribution in [0.3, 0.4) is 0 Å². The van der Waals surface area contributed by atoms with Crippen LogP contribution in [0.2, 0.25) is 0 Å². The van der Waals surface area contributed by atoms with Crippen LogP contribution in [0.25, 0.3) is 0 Å². The number of carboxylic acid groups (broad SMARTS) is 1. The van der Waals surface area contributed by atoms with E-state index in [9.17, 15) is 4.79 Å². The molecule has 1 rings (SSSR count). The van der Waals surface area contributed by atoms with Gasteiger partial charge in [-0.05, 0) is 38.0 Å². The molecule has 1 aromatic carbocycles.